The van der Waals surface area contributed by atoms with Crippen LogP contribution in [0.5, 0.6) is 5.75 Å². The first kappa shape index (κ1) is 14.9. The molecule has 1 saturated heterocycles. The minimum absolute atomic E-state index is 0.538. The highest BCUT2D eigenvalue weighted by Gasteiger charge is 2.31. The van der Waals surface area contributed by atoms with Crippen molar-refractivity contribution in [2.75, 3.05) is 26.2 Å². The van der Waals surface area contributed by atoms with Crippen LogP contribution in [0.4, 0.5) is 0 Å². The van der Waals surface area contributed by atoms with Gasteiger partial charge < -0.3 is 10.1 Å². The third kappa shape index (κ3) is 3.24. The minimum Gasteiger partial charge on any atom is -0.493 e. The van der Waals surface area contributed by atoms with Gasteiger partial charge in [0.15, 0.2) is 0 Å². The number of hydrogen-bond donors (Lipinski definition) is 1. The molecule has 1 aromatic rings. The molecule has 3 heteroatoms. The molecule has 0 saturated carbocycles. The lowest BCUT2D eigenvalue weighted by Gasteiger charge is -2.41. The van der Waals surface area contributed by atoms with E-state index in [1.807, 2.05) is 0 Å². The largest absolute Gasteiger partial charge is 0.493 e. The maximum Gasteiger partial charge on any atom is 0.122 e. The second-order valence-electron chi connectivity index (χ2n) is 6.46. The Morgan fingerprint density at radius 1 is 1.29 bits per heavy atom. The Labute approximate surface area is 128 Å². The number of benzene rings is 1. The summed E-state index contributed by atoms with van der Waals surface area (Å²) in [7, 11) is 0. The zero-order chi connectivity index (χ0) is 14.7. The van der Waals surface area contributed by atoms with Gasteiger partial charge in [0.25, 0.3) is 0 Å². The topological polar surface area (TPSA) is 24.5 Å². The second kappa shape index (κ2) is 6.80. The molecule has 1 aromatic carbocycles. The van der Waals surface area contributed by atoms with Gasteiger partial charge in [-0.25, -0.2) is 0 Å². The van der Waals surface area contributed by atoms with Crippen LogP contribution >= 0.6 is 0 Å². The first-order valence-corrected chi connectivity index (χ1v) is 8.51. The fourth-order valence-corrected chi connectivity index (χ4v) is 3.76. The summed E-state index contributed by atoms with van der Waals surface area (Å²) < 4.78 is 5.85. The monoisotopic (exact) mass is 288 g/mol. The Bertz CT molecular complexity index is 462. The molecule has 0 aromatic heterocycles. The smallest absolute Gasteiger partial charge is 0.122 e. The molecular formula is C18H28N2O. The predicted molar refractivity (Wildman–Crippen MR) is 87.0 cm³/mol. The lowest BCUT2D eigenvalue weighted by atomic mass is 9.97. The lowest BCUT2D eigenvalue weighted by Crippen LogP contribution is -2.57. The van der Waals surface area contributed by atoms with Crippen LogP contribution in [0.1, 0.15) is 44.6 Å². The number of piperazine rings is 1. The van der Waals surface area contributed by atoms with Crippen LogP contribution < -0.4 is 10.1 Å². The molecule has 116 valence electrons. The molecule has 0 spiro atoms. The third-order valence-electron chi connectivity index (χ3n) is 4.98. The molecule has 21 heavy (non-hydrogen) atoms. The van der Waals surface area contributed by atoms with Gasteiger partial charge >= 0.3 is 0 Å². The highest BCUT2D eigenvalue weighted by Crippen LogP contribution is 2.34. The van der Waals surface area contributed by atoms with Crippen LogP contribution in [0.3, 0.4) is 0 Å². The molecular weight excluding hydrogens is 260 g/mol. The molecule has 3 unspecified atom stereocenters. The minimum atomic E-state index is 0.538. The van der Waals surface area contributed by atoms with Gasteiger partial charge in [-0.3, -0.25) is 4.90 Å². The summed E-state index contributed by atoms with van der Waals surface area (Å²) in [5.41, 5.74) is 1.40. The molecule has 0 amide bonds. The highest BCUT2D eigenvalue weighted by atomic mass is 16.5. The molecule has 3 atom stereocenters. The fourth-order valence-electron chi connectivity index (χ4n) is 3.76. The fraction of sp³-hybridized carbons (Fsp3) is 0.667. The Balaban J connectivity index is 1.67. The molecule has 2 aliphatic heterocycles. The number of para-hydroxylation sites is 1. The van der Waals surface area contributed by atoms with Gasteiger partial charge in [-0.2, -0.15) is 0 Å². The quantitative estimate of drug-likeness (QED) is 0.901. The first-order valence-electron chi connectivity index (χ1n) is 8.51. The standard InChI is InChI=1S/C18H28N2O/c1-3-7-15-12-20(16(4-2)10-19-15)11-14-13-21-18-9-6-5-8-17(14)18/h5-6,8-9,14-16,19H,3-4,7,10-13H2,1-2H3. The molecule has 2 heterocycles. The van der Waals surface area contributed by atoms with E-state index in [0.29, 0.717) is 18.0 Å². The van der Waals surface area contributed by atoms with Gasteiger partial charge in [0.2, 0.25) is 0 Å². The molecule has 1 N–H and O–H groups in total. The Kier molecular flexibility index (Phi) is 4.81. The van der Waals surface area contributed by atoms with Crippen molar-refractivity contribution in [3.63, 3.8) is 0 Å². The maximum absolute atomic E-state index is 5.85. The Hall–Kier alpha value is -1.06. The van der Waals surface area contributed by atoms with Gasteiger partial charge in [-0.15, -0.1) is 0 Å². The van der Waals surface area contributed by atoms with Crippen molar-refractivity contribution in [2.45, 2.75) is 51.1 Å². The van der Waals surface area contributed by atoms with E-state index in [4.69, 9.17) is 4.74 Å². The van der Waals surface area contributed by atoms with Crippen molar-refractivity contribution in [3.05, 3.63) is 29.8 Å². The van der Waals surface area contributed by atoms with E-state index >= 15 is 0 Å². The summed E-state index contributed by atoms with van der Waals surface area (Å²) in [5.74, 6) is 1.63. The van der Waals surface area contributed by atoms with E-state index in [2.05, 4.69) is 48.3 Å². The van der Waals surface area contributed by atoms with Crippen molar-refractivity contribution in [1.82, 2.24) is 10.2 Å². The summed E-state index contributed by atoms with van der Waals surface area (Å²) in [6.45, 7) is 8.88. The summed E-state index contributed by atoms with van der Waals surface area (Å²) in [5, 5.41) is 3.72. The average Bonchev–Trinajstić information content (AvgIpc) is 2.91. The van der Waals surface area contributed by atoms with Gasteiger partial charge in [-0.1, -0.05) is 38.5 Å². The molecule has 0 radical (unpaired) electrons. The normalized spacial score (nSPS) is 29.1. The Morgan fingerprint density at radius 2 is 2.14 bits per heavy atom. The molecule has 0 bridgehead atoms. The van der Waals surface area contributed by atoms with Crippen molar-refractivity contribution in [2.24, 2.45) is 0 Å². The number of rotatable bonds is 5. The summed E-state index contributed by atoms with van der Waals surface area (Å²) >= 11 is 0. The van der Waals surface area contributed by atoms with E-state index in [9.17, 15) is 0 Å². The maximum atomic E-state index is 5.85. The molecule has 3 rings (SSSR count). The van der Waals surface area contributed by atoms with Gasteiger partial charge in [0.05, 0.1) is 6.61 Å². The van der Waals surface area contributed by atoms with Gasteiger partial charge in [-0.05, 0) is 18.9 Å². The molecule has 3 nitrogen and oxygen atoms in total. The van der Waals surface area contributed by atoms with Gasteiger partial charge in [0, 0.05) is 43.2 Å². The zero-order valence-corrected chi connectivity index (χ0v) is 13.3. The number of hydrogen-bond acceptors (Lipinski definition) is 3. The summed E-state index contributed by atoms with van der Waals surface area (Å²) in [6, 6.07) is 9.87. The van der Waals surface area contributed by atoms with Crippen LogP contribution in [0.2, 0.25) is 0 Å². The van der Waals surface area contributed by atoms with E-state index < -0.39 is 0 Å². The van der Waals surface area contributed by atoms with Crippen LogP contribution in [0.25, 0.3) is 0 Å². The average molecular weight is 288 g/mol. The van der Waals surface area contributed by atoms with Crippen molar-refractivity contribution in [3.8, 4) is 5.75 Å². The number of nitrogens with one attached hydrogen (secondary N) is 1. The zero-order valence-electron chi connectivity index (χ0n) is 13.3. The number of fused-ring (bicyclic) bond motifs is 1. The predicted octanol–water partition coefficient (Wildman–Crippen LogP) is 3.02. The summed E-state index contributed by atoms with van der Waals surface area (Å²) in [6.07, 6.45) is 3.77. The highest BCUT2D eigenvalue weighted by molar-refractivity contribution is 5.39. The SMILES string of the molecule is CCCC1CN(CC2COc3ccccc32)C(CC)CN1. The molecule has 0 aliphatic carbocycles. The third-order valence-corrected chi connectivity index (χ3v) is 4.98. The van der Waals surface area contributed by atoms with Gasteiger partial charge in [0.1, 0.15) is 5.75 Å². The van der Waals surface area contributed by atoms with Crippen LogP contribution in [0.15, 0.2) is 24.3 Å². The van der Waals surface area contributed by atoms with Crippen molar-refractivity contribution in [1.29, 1.82) is 0 Å². The van der Waals surface area contributed by atoms with Crippen LogP contribution in [0, 0.1) is 0 Å². The van der Waals surface area contributed by atoms with Crippen LogP contribution in [-0.4, -0.2) is 43.2 Å². The lowest BCUT2D eigenvalue weighted by molar-refractivity contribution is 0.111. The van der Waals surface area contributed by atoms with Crippen LogP contribution in [-0.2, 0) is 0 Å². The second-order valence-corrected chi connectivity index (χ2v) is 6.46. The summed E-state index contributed by atoms with van der Waals surface area (Å²) in [4.78, 5) is 2.70. The molecule has 1 fully saturated rings. The Morgan fingerprint density at radius 3 is 2.95 bits per heavy atom. The number of nitrogens with zero attached hydrogens (tertiary/aromatic N) is 1. The van der Waals surface area contributed by atoms with Crippen molar-refractivity contribution >= 4 is 0 Å². The first-order chi connectivity index (χ1) is 10.3. The van der Waals surface area contributed by atoms with E-state index in [0.717, 1.165) is 25.4 Å². The number of ether oxygens (including phenoxy) is 1. The van der Waals surface area contributed by atoms with Crippen molar-refractivity contribution < 1.29 is 4.74 Å². The van der Waals surface area contributed by atoms with E-state index in [-0.39, 0.29) is 0 Å². The van der Waals surface area contributed by atoms with E-state index in [1.54, 1.807) is 0 Å². The molecule has 2 aliphatic rings. The van der Waals surface area contributed by atoms with E-state index in [1.165, 1.54) is 31.4 Å².